The summed E-state index contributed by atoms with van der Waals surface area (Å²) in [7, 11) is 0. The topological polar surface area (TPSA) is 56.2 Å². The Morgan fingerprint density at radius 1 is 1.31 bits per heavy atom. The van der Waals surface area contributed by atoms with Gasteiger partial charge in [0.1, 0.15) is 5.75 Å². The molecule has 3 heterocycles. The molecule has 1 spiro atoms. The molecule has 1 amide bonds. The quantitative estimate of drug-likeness (QED) is 0.877. The second-order valence-electron chi connectivity index (χ2n) is 8.29. The molecule has 1 atom stereocenters. The third-order valence-electron chi connectivity index (χ3n) is 5.98. The van der Waals surface area contributed by atoms with E-state index in [2.05, 4.69) is 14.7 Å². The lowest BCUT2D eigenvalue weighted by atomic mass is 9.82. The van der Waals surface area contributed by atoms with E-state index in [-0.39, 0.29) is 17.4 Å². The van der Waals surface area contributed by atoms with E-state index in [1.807, 2.05) is 32.0 Å². The van der Waals surface area contributed by atoms with Gasteiger partial charge in [-0.25, -0.2) is 0 Å². The van der Waals surface area contributed by atoms with Crippen LogP contribution in [0.15, 0.2) is 24.3 Å². The molecule has 6 nitrogen and oxygen atoms in total. The van der Waals surface area contributed by atoms with E-state index in [0.717, 1.165) is 51.4 Å². The summed E-state index contributed by atoms with van der Waals surface area (Å²) >= 11 is 0. The highest BCUT2D eigenvalue weighted by Crippen LogP contribution is 2.37. The van der Waals surface area contributed by atoms with Gasteiger partial charge in [-0.15, -0.1) is 0 Å². The number of benzene rings is 1. The fourth-order valence-corrected chi connectivity index (χ4v) is 4.79. The number of nitrogens with zero attached hydrogens (tertiary/aromatic N) is 3. The van der Waals surface area contributed by atoms with Crippen molar-refractivity contribution in [3.8, 4) is 5.75 Å². The van der Waals surface area contributed by atoms with Crippen LogP contribution in [-0.4, -0.2) is 83.2 Å². The first-order chi connectivity index (χ1) is 12.5. The van der Waals surface area contributed by atoms with E-state index < -0.39 is 0 Å². The molecule has 1 aromatic rings. The number of fused-ring (bicyclic) bond motifs is 2. The van der Waals surface area contributed by atoms with Crippen LogP contribution in [0.1, 0.15) is 19.4 Å². The summed E-state index contributed by atoms with van der Waals surface area (Å²) in [6, 6.07) is 7.84. The smallest absolute Gasteiger partial charge is 0.225 e. The predicted molar refractivity (Wildman–Crippen MR) is 98.8 cm³/mol. The maximum Gasteiger partial charge on any atom is 0.225 e. The second-order valence-corrected chi connectivity index (χ2v) is 8.29. The number of carbonyl (C=O) groups is 1. The lowest BCUT2D eigenvalue weighted by Crippen LogP contribution is -2.80. The molecule has 4 rings (SSSR count). The normalized spacial score (nSPS) is 26.0. The van der Waals surface area contributed by atoms with Crippen LogP contribution in [0.3, 0.4) is 0 Å². The van der Waals surface area contributed by atoms with Crippen LogP contribution >= 0.6 is 0 Å². The number of amides is 1. The average Bonchev–Trinajstić information content (AvgIpc) is 2.61. The van der Waals surface area contributed by atoms with Gasteiger partial charge < -0.3 is 14.7 Å². The molecule has 1 N–H and O–H groups in total. The van der Waals surface area contributed by atoms with E-state index in [4.69, 9.17) is 4.74 Å². The Morgan fingerprint density at radius 2 is 2.08 bits per heavy atom. The van der Waals surface area contributed by atoms with Crippen molar-refractivity contribution in [1.29, 1.82) is 0 Å². The second kappa shape index (κ2) is 6.83. The Kier molecular flexibility index (Phi) is 4.67. The van der Waals surface area contributed by atoms with Gasteiger partial charge in [-0.2, -0.15) is 0 Å². The Bertz CT molecular complexity index is 672. The number of hydrogen-bond donors (Lipinski definition) is 1. The summed E-state index contributed by atoms with van der Waals surface area (Å²) in [6.45, 7) is 10.6. The molecule has 26 heavy (non-hydrogen) atoms. The Hall–Kier alpha value is -1.63. The molecule has 3 fully saturated rings. The summed E-state index contributed by atoms with van der Waals surface area (Å²) in [4.78, 5) is 19.6. The molecule has 3 aliphatic heterocycles. The largest absolute Gasteiger partial charge is 0.508 e. The van der Waals surface area contributed by atoms with Crippen LogP contribution in [0.2, 0.25) is 0 Å². The highest BCUT2D eigenvalue weighted by atomic mass is 16.5. The van der Waals surface area contributed by atoms with Crippen molar-refractivity contribution in [3.05, 3.63) is 29.8 Å². The van der Waals surface area contributed by atoms with Crippen molar-refractivity contribution in [1.82, 2.24) is 14.7 Å². The summed E-state index contributed by atoms with van der Waals surface area (Å²) in [5, 5.41) is 10.0. The zero-order valence-corrected chi connectivity index (χ0v) is 15.7. The molecular formula is C20H29N3O3. The third kappa shape index (κ3) is 3.10. The molecule has 0 aromatic heterocycles. The maximum absolute atomic E-state index is 12.6. The molecule has 1 unspecified atom stereocenters. The van der Waals surface area contributed by atoms with Gasteiger partial charge in [0, 0.05) is 50.7 Å². The van der Waals surface area contributed by atoms with Gasteiger partial charge in [0.2, 0.25) is 5.91 Å². The molecule has 6 heteroatoms. The number of piperazine rings is 1. The number of aromatic hydroxyl groups is 1. The molecule has 3 aliphatic rings. The van der Waals surface area contributed by atoms with Crippen molar-refractivity contribution in [2.75, 3.05) is 45.9 Å². The Labute approximate surface area is 155 Å². The number of hydrogen-bond acceptors (Lipinski definition) is 5. The fraction of sp³-hybridized carbons (Fsp3) is 0.650. The van der Waals surface area contributed by atoms with Crippen molar-refractivity contribution >= 4 is 5.91 Å². The van der Waals surface area contributed by atoms with E-state index in [9.17, 15) is 9.90 Å². The molecule has 142 valence electrons. The lowest BCUT2D eigenvalue weighted by Gasteiger charge is -2.63. The van der Waals surface area contributed by atoms with Gasteiger partial charge in [-0.1, -0.05) is 32.0 Å². The number of morpholine rings is 1. The highest BCUT2D eigenvalue weighted by molar-refractivity contribution is 5.78. The van der Waals surface area contributed by atoms with Gasteiger partial charge in [0.05, 0.1) is 24.8 Å². The monoisotopic (exact) mass is 359 g/mol. The van der Waals surface area contributed by atoms with Crippen molar-refractivity contribution in [3.63, 3.8) is 0 Å². The van der Waals surface area contributed by atoms with Crippen LogP contribution in [0, 0.1) is 5.92 Å². The lowest BCUT2D eigenvalue weighted by molar-refractivity contribution is -0.177. The van der Waals surface area contributed by atoms with Gasteiger partial charge in [0.25, 0.3) is 0 Å². The molecule has 0 saturated carbocycles. The summed E-state index contributed by atoms with van der Waals surface area (Å²) in [5.74, 6) is 0.632. The number of phenolic OH excluding ortho intramolecular Hbond substituents is 1. The Morgan fingerprint density at radius 3 is 2.81 bits per heavy atom. The SMILES string of the molecule is CC(C)C(=O)N1CC2COCCN2C2(CN(Cc3ccccc3O)C2)C1. The number of rotatable bonds is 3. The third-order valence-corrected chi connectivity index (χ3v) is 5.98. The molecule has 0 aliphatic carbocycles. The van der Waals surface area contributed by atoms with Gasteiger partial charge in [-0.3, -0.25) is 14.6 Å². The van der Waals surface area contributed by atoms with Gasteiger partial charge in [0.15, 0.2) is 0 Å². The van der Waals surface area contributed by atoms with Crippen molar-refractivity contribution in [2.45, 2.75) is 32.0 Å². The number of phenols is 1. The van der Waals surface area contributed by atoms with E-state index in [1.165, 1.54) is 0 Å². The summed E-state index contributed by atoms with van der Waals surface area (Å²) < 4.78 is 5.70. The maximum atomic E-state index is 12.6. The number of ether oxygens (including phenoxy) is 1. The number of para-hydroxylation sites is 1. The van der Waals surface area contributed by atoms with Crippen LogP contribution in [0.5, 0.6) is 5.75 Å². The molecule has 0 radical (unpaired) electrons. The van der Waals surface area contributed by atoms with E-state index >= 15 is 0 Å². The molecule has 1 aromatic carbocycles. The van der Waals surface area contributed by atoms with Gasteiger partial charge in [-0.05, 0) is 6.07 Å². The van der Waals surface area contributed by atoms with Crippen molar-refractivity contribution in [2.24, 2.45) is 5.92 Å². The number of carbonyl (C=O) groups excluding carboxylic acids is 1. The zero-order chi connectivity index (χ0) is 18.3. The summed E-state index contributed by atoms with van der Waals surface area (Å²) in [5.41, 5.74) is 0.994. The van der Waals surface area contributed by atoms with Crippen LogP contribution in [-0.2, 0) is 16.1 Å². The first kappa shape index (κ1) is 17.8. The van der Waals surface area contributed by atoms with E-state index in [0.29, 0.717) is 18.4 Å². The van der Waals surface area contributed by atoms with Crippen molar-refractivity contribution < 1.29 is 14.6 Å². The first-order valence-corrected chi connectivity index (χ1v) is 9.61. The van der Waals surface area contributed by atoms with Crippen LogP contribution in [0.25, 0.3) is 0 Å². The summed E-state index contributed by atoms with van der Waals surface area (Å²) in [6.07, 6.45) is 0. The minimum absolute atomic E-state index is 0.0283. The Balaban J connectivity index is 1.48. The number of likely N-dealkylation sites (tertiary alicyclic amines) is 1. The minimum Gasteiger partial charge on any atom is -0.508 e. The predicted octanol–water partition coefficient (Wildman–Crippen LogP) is 1.15. The highest BCUT2D eigenvalue weighted by Gasteiger charge is 2.54. The fourth-order valence-electron chi connectivity index (χ4n) is 4.79. The standard InChI is InChI=1S/C20H29N3O3/c1-15(2)19(25)22-10-17-11-26-8-7-23(17)20(14-22)12-21(13-20)9-16-5-3-4-6-18(16)24/h3-6,15,17,24H,7-14H2,1-2H3. The molecular weight excluding hydrogens is 330 g/mol. The average molecular weight is 359 g/mol. The zero-order valence-electron chi connectivity index (χ0n) is 15.7. The minimum atomic E-state index is 0.0283. The van der Waals surface area contributed by atoms with Gasteiger partial charge >= 0.3 is 0 Å². The van der Waals surface area contributed by atoms with Crippen LogP contribution in [0.4, 0.5) is 0 Å². The van der Waals surface area contributed by atoms with Crippen LogP contribution < -0.4 is 0 Å². The first-order valence-electron chi connectivity index (χ1n) is 9.61. The molecule has 0 bridgehead atoms. The van der Waals surface area contributed by atoms with E-state index in [1.54, 1.807) is 6.07 Å². The molecule has 3 saturated heterocycles.